The first-order valence-corrected chi connectivity index (χ1v) is 9.14. The molecule has 1 aromatic heterocycles. The first-order chi connectivity index (χ1) is 10.5. The van der Waals surface area contributed by atoms with E-state index < -0.39 is 0 Å². The van der Waals surface area contributed by atoms with E-state index in [1.807, 2.05) is 13.1 Å². The Hall–Kier alpha value is -0.850. The van der Waals surface area contributed by atoms with Gasteiger partial charge >= 0.3 is 0 Å². The van der Waals surface area contributed by atoms with Crippen molar-refractivity contribution in [2.24, 2.45) is 0 Å². The molecule has 0 fully saturated rings. The molecule has 6 heteroatoms. The minimum absolute atomic E-state index is 0.802. The van der Waals surface area contributed by atoms with Crippen LogP contribution in [-0.2, 0) is 6.54 Å². The van der Waals surface area contributed by atoms with Crippen LogP contribution in [0.2, 0.25) is 0 Å². The fourth-order valence-corrected chi connectivity index (χ4v) is 4.07. The second-order valence-electron chi connectivity index (χ2n) is 5.19. The van der Waals surface area contributed by atoms with E-state index in [2.05, 4.69) is 88.9 Å². The molecule has 0 radical (unpaired) electrons. The zero-order valence-corrected chi connectivity index (χ0v) is 16.9. The molecule has 0 spiro atoms. The SMILES string of the molecule is Cc1c(Br)c(Br)c2nc(N(C)Cc3ccccc3)[nH]c2c1Br. The van der Waals surface area contributed by atoms with Crippen LogP contribution in [0.1, 0.15) is 11.1 Å². The Bertz CT molecular complexity index is 783. The third-order valence-electron chi connectivity index (χ3n) is 3.59. The first kappa shape index (κ1) is 16.0. The molecule has 22 heavy (non-hydrogen) atoms. The Morgan fingerprint density at radius 1 is 1.05 bits per heavy atom. The van der Waals surface area contributed by atoms with Gasteiger partial charge in [-0.25, -0.2) is 4.98 Å². The summed E-state index contributed by atoms with van der Waals surface area (Å²) in [6.45, 7) is 2.86. The van der Waals surface area contributed by atoms with Gasteiger partial charge in [-0.1, -0.05) is 30.3 Å². The fraction of sp³-hybridized carbons (Fsp3) is 0.188. The first-order valence-electron chi connectivity index (χ1n) is 6.77. The zero-order valence-electron chi connectivity index (χ0n) is 12.1. The van der Waals surface area contributed by atoms with Gasteiger partial charge in [0.2, 0.25) is 5.95 Å². The summed E-state index contributed by atoms with van der Waals surface area (Å²) in [6.07, 6.45) is 0. The smallest absolute Gasteiger partial charge is 0.203 e. The molecule has 0 saturated carbocycles. The van der Waals surface area contributed by atoms with Crippen molar-refractivity contribution in [3.8, 4) is 0 Å². The number of hydrogen-bond donors (Lipinski definition) is 1. The van der Waals surface area contributed by atoms with Crippen LogP contribution >= 0.6 is 47.8 Å². The van der Waals surface area contributed by atoms with Crippen LogP contribution in [-0.4, -0.2) is 17.0 Å². The maximum Gasteiger partial charge on any atom is 0.203 e. The minimum Gasteiger partial charge on any atom is -0.341 e. The molecule has 1 N–H and O–H groups in total. The fourth-order valence-electron chi connectivity index (χ4n) is 2.34. The molecule has 1 heterocycles. The molecule has 3 nitrogen and oxygen atoms in total. The quantitative estimate of drug-likeness (QED) is 0.474. The summed E-state index contributed by atoms with van der Waals surface area (Å²) in [5.41, 5.74) is 4.31. The van der Waals surface area contributed by atoms with Crippen molar-refractivity contribution < 1.29 is 0 Å². The van der Waals surface area contributed by atoms with Crippen LogP contribution in [0.3, 0.4) is 0 Å². The van der Waals surface area contributed by atoms with Crippen molar-refractivity contribution in [3.63, 3.8) is 0 Å². The van der Waals surface area contributed by atoms with Gasteiger partial charge in [-0.05, 0) is 65.8 Å². The van der Waals surface area contributed by atoms with Crippen LogP contribution < -0.4 is 4.90 Å². The van der Waals surface area contributed by atoms with Crippen molar-refractivity contribution in [2.75, 3.05) is 11.9 Å². The molecule has 114 valence electrons. The van der Waals surface area contributed by atoms with E-state index in [1.54, 1.807) is 0 Å². The molecule has 0 aliphatic rings. The van der Waals surface area contributed by atoms with Gasteiger partial charge in [0.1, 0.15) is 5.52 Å². The number of rotatable bonds is 3. The van der Waals surface area contributed by atoms with Gasteiger partial charge in [0.25, 0.3) is 0 Å². The average Bonchev–Trinajstić information content (AvgIpc) is 2.97. The van der Waals surface area contributed by atoms with E-state index in [9.17, 15) is 0 Å². The normalized spacial score (nSPS) is 11.1. The largest absolute Gasteiger partial charge is 0.341 e. The number of hydrogen-bond acceptors (Lipinski definition) is 2. The van der Waals surface area contributed by atoms with E-state index in [1.165, 1.54) is 5.56 Å². The summed E-state index contributed by atoms with van der Waals surface area (Å²) in [5.74, 6) is 0.845. The summed E-state index contributed by atoms with van der Waals surface area (Å²) in [5, 5.41) is 0. The van der Waals surface area contributed by atoms with Gasteiger partial charge in [0.05, 0.1) is 9.99 Å². The number of nitrogens with zero attached hydrogens (tertiary/aromatic N) is 2. The van der Waals surface area contributed by atoms with Crippen molar-refractivity contribution >= 4 is 64.8 Å². The lowest BCUT2D eigenvalue weighted by Gasteiger charge is -2.15. The van der Waals surface area contributed by atoms with E-state index in [-0.39, 0.29) is 0 Å². The molecule has 0 atom stereocenters. The molecule has 3 aromatic rings. The van der Waals surface area contributed by atoms with Crippen LogP contribution in [0.15, 0.2) is 43.7 Å². The third-order valence-corrected chi connectivity index (χ3v) is 6.88. The predicted molar refractivity (Wildman–Crippen MR) is 102 cm³/mol. The van der Waals surface area contributed by atoms with E-state index in [4.69, 9.17) is 4.98 Å². The summed E-state index contributed by atoms with van der Waals surface area (Å²) < 4.78 is 3.03. The molecule has 0 saturated heterocycles. The lowest BCUT2D eigenvalue weighted by Crippen LogP contribution is -2.17. The molecule has 0 amide bonds. The molecule has 0 bridgehead atoms. The minimum atomic E-state index is 0.802. The number of imidazole rings is 1. The number of fused-ring (bicyclic) bond motifs is 1. The highest BCUT2D eigenvalue weighted by Gasteiger charge is 2.17. The van der Waals surface area contributed by atoms with E-state index in [0.29, 0.717) is 0 Å². The molecular weight excluding hydrogens is 474 g/mol. The van der Waals surface area contributed by atoms with Crippen LogP contribution in [0.4, 0.5) is 5.95 Å². The molecular formula is C16H14Br3N3. The molecule has 0 aliphatic heterocycles. The summed E-state index contributed by atoms with van der Waals surface area (Å²) in [4.78, 5) is 10.3. The van der Waals surface area contributed by atoms with Gasteiger partial charge in [-0.3, -0.25) is 0 Å². The van der Waals surface area contributed by atoms with Crippen molar-refractivity contribution in [1.29, 1.82) is 0 Å². The maximum absolute atomic E-state index is 4.73. The topological polar surface area (TPSA) is 31.9 Å². The van der Waals surface area contributed by atoms with Crippen molar-refractivity contribution in [2.45, 2.75) is 13.5 Å². The molecule has 3 rings (SSSR count). The molecule has 0 unspecified atom stereocenters. The Morgan fingerprint density at radius 3 is 2.41 bits per heavy atom. The second-order valence-corrected chi connectivity index (χ2v) is 7.57. The van der Waals surface area contributed by atoms with Gasteiger partial charge in [-0.2, -0.15) is 0 Å². The molecule has 2 aromatic carbocycles. The Kier molecular flexibility index (Phi) is 4.61. The highest BCUT2D eigenvalue weighted by atomic mass is 79.9. The van der Waals surface area contributed by atoms with Crippen molar-refractivity contribution in [3.05, 3.63) is 54.9 Å². The maximum atomic E-state index is 4.73. The number of anilines is 1. The highest BCUT2D eigenvalue weighted by Crippen LogP contribution is 2.39. The number of aromatic nitrogens is 2. The summed E-state index contributed by atoms with van der Waals surface area (Å²) in [6, 6.07) is 10.4. The lowest BCUT2D eigenvalue weighted by atomic mass is 10.2. The summed E-state index contributed by atoms with van der Waals surface area (Å²) >= 11 is 10.9. The highest BCUT2D eigenvalue weighted by molar-refractivity contribution is 9.13. The number of H-pyrrole nitrogens is 1. The third kappa shape index (κ3) is 2.84. The monoisotopic (exact) mass is 485 g/mol. The average molecular weight is 488 g/mol. The van der Waals surface area contributed by atoms with E-state index >= 15 is 0 Å². The number of nitrogens with one attached hydrogen (secondary N) is 1. The number of benzene rings is 2. The zero-order chi connectivity index (χ0) is 15.9. The lowest BCUT2D eigenvalue weighted by molar-refractivity contribution is 0.885. The predicted octanol–water partition coefficient (Wildman–Crippen LogP) is 5.80. The van der Waals surface area contributed by atoms with Crippen molar-refractivity contribution in [1.82, 2.24) is 9.97 Å². The van der Waals surface area contributed by atoms with Gasteiger partial charge in [0, 0.05) is 22.5 Å². The van der Waals surface area contributed by atoms with Gasteiger partial charge in [-0.15, -0.1) is 0 Å². The van der Waals surface area contributed by atoms with Gasteiger partial charge in [0.15, 0.2) is 0 Å². The standard InChI is InChI=1S/C16H14Br3N3/c1-9-11(17)13(19)15-14(12(9)18)20-16(21-15)22(2)8-10-6-4-3-5-7-10/h3-7H,8H2,1-2H3,(H,20,21). The van der Waals surface area contributed by atoms with Gasteiger partial charge < -0.3 is 9.88 Å². The summed E-state index contributed by atoms with van der Waals surface area (Å²) in [7, 11) is 2.04. The number of halogens is 3. The van der Waals surface area contributed by atoms with Crippen LogP contribution in [0, 0.1) is 6.92 Å². The van der Waals surface area contributed by atoms with Crippen LogP contribution in [0.5, 0.6) is 0 Å². The van der Waals surface area contributed by atoms with E-state index in [0.717, 1.165) is 42.5 Å². The second kappa shape index (κ2) is 6.34. The Labute approximate surface area is 154 Å². The van der Waals surface area contributed by atoms with Crippen LogP contribution in [0.25, 0.3) is 11.0 Å². The Balaban J connectivity index is 2.02. The molecule has 0 aliphatic carbocycles. The number of aromatic amines is 1. The Morgan fingerprint density at radius 2 is 1.73 bits per heavy atom.